The van der Waals surface area contributed by atoms with Gasteiger partial charge in [0.15, 0.2) is 0 Å². The summed E-state index contributed by atoms with van der Waals surface area (Å²) < 4.78 is 8.06. The molecule has 1 aliphatic rings. The number of ether oxygens (including phenoxy) is 1. The second-order valence-electron chi connectivity index (χ2n) is 7.91. The largest absolute Gasteiger partial charge is 0.491 e. The van der Waals surface area contributed by atoms with Crippen molar-refractivity contribution in [1.82, 2.24) is 9.55 Å². The first-order chi connectivity index (χ1) is 13.7. The van der Waals surface area contributed by atoms with Crippen LogP contribution in [0.15, 0.2) is 48.5 Å². The number of aromatic nitrogens is 2. The lowest BCUT2D eigenvalue weighted by molar-refractivity contribution is 0.0924. The van der Waals surface area contributed by atoms with Crippen molar-refractivity contribution in [2.75, 3.05) is 6.61 Å². The van der Waals surface area contributed by atoms with Crippen molar-refractivity contribution in [2.24, 2.45) is 0 Å². The molecule has 148 valence electrons. The van der Waals surface area contributed by atoms with Gasteiger partial charge in [-0.3, -0.25) is 0 Å². The van der Waals surface area contributed by atoms with E-state index in [4.69, 9.17) is 9.72 Å². The minimum absolute atomic E-state index is 0.281. The average molecular weight is 379 g/mol. The molecule has 2 aromatic carbocycles. The molecule has 1 N–H and O–H groups in total. The fraction of sp³-hybridized carbons (Fsp3) is 0.458. The molecule has 1 aliphatic carbocycles. The third kappa shape index (κ3) is 4.22. The van der Waals surface area contributed by atoms with Gasteiger partial charge in [-0.1, -0.05) is 50.5 Å². The number of rotatable bonds is 8. The zero-order chi connectivity index (χ0) is 19.3. The zero-order valence-electron chi connectivity index (χ0n) is 16.7. The molecule has 0 spiro atoms. The van der Waals surface area contributed by atoms with Crippen LogP contribution in [0.5, 0.6) is 5.75 Å². The van der Waals surface area contributed by atoms with Gasteiger partial charge in [0.1, 0.15) is 24.3 Å². The number of hydrogen-bond donors (Lipinski definition) is 1. The van der Waals surface area contributed by atoms with E-state index in [1.165, 1.54) is 31.2 Å². The van der Waals surface area contributed by atoms with Crippen LogP contribution >= 0.6 is 0 Å². The predicted octanol–water partition coefficient (Wildman–Crippen LogP) is 5.09. The molecule has 1 saturated carbocycles. The Kier molecular flexibility index (Phi) is 5.96. The summed E-state index contributed by atoms with van der Waals surface area (Å²) in [5.41, 5.74) is 3.44. The normalized spacial score (nSPS) is 15.9. The number of imidazole rings is 1. The fourth-order valence-electron chi connectivity index (χ4n) is 4.28. The Hall–Kier alpha value is -2.33. The molecule has 1 fully saturated rings. The van der Waals surface area contributed by atoms with E-state index < -0.39 is 6.10 Å². The third-order valence-corrected chi connectivity index (χ3v) is 5.70. The minimum atomic E-state index is -0.576. The van der Waals surface area contributed by atoms with E-state index >= 15 is 0 Å². The number of nitrogens with zero attached hydrogens (tertiary/aromatic N) is 2. The second kappa shape index (κ2) is 8.78. The molecule has 1 unspecified atom stereocenters. The first kappa shape index (κ1) is 19.0. The Morgan fingerprint density at radius 1 is 1.11 bits per heavy atom. The molecular weight excluding hydrogens is 348 g/mol. The van der Waals surface area contributed by atoms with Crippen LogP contribution in [0.2, 0.25) is 0 Å². The molecule has 1 aromatic heterocycles. The molecule has 28 heavy (non-hydrogen) atoms. The molecular formula is C24H30N2O2. The van der Waals surface area contributed by atoms with E-state index in [-0.39, 0.29) is 6.61 Å². The summed E-state index contributed by atoms with van der Waals surface area (Å²) >= 11 is 0. The van der Waals surface area contributed by atoms with Crippen molar-refractivity contribution in [3.63, 3.8) is 0 Å². The molecule has 3 aromatic rings. The molecule has 0 saturated heterocycles. The van der Waals surface area contributed by atoms with E-state index in [1.54, 1.807) is 0 Å². The van der Waals surface area contributed by atoms with Gasteiger partial charge >= 0.3 is 0 Å². The molecule has 0 aliphatic heterocycles. The van der Waals surface area contributed by atoms with Gasteiger partial charge in [-0.15, -0.1) is 0 Å². The van der Waals surface area contributed by atoms with Gasteiger partial charge < -0.3 is 14.4 Å². The highest BCUT2D eigenvalue weighted by Gasteiger charge is 2.24. The standard InChI is InChI=1S/C24H30N2O2/c1-2-7-18-12-14-21(15-13-18)28-17-20(27)16-26-23-11-6-5-10-22(23)25-24(26)19-8-3-4-9-19/h5-6,10-15,19-20,27H,2-4,7-9,16-17H2,1H3. The molecule has 4 heteroatoms. The maximum atomic E-state index is 10.7. The minimum Gasteiger partial charge on any atom is -0.491 e. The molecule has 0 amide bonds. The molecule has 1 heterocycles. The van der Waals surface area contributed by atoms with Crippen LogP contribution in [0, 0.1) is 0 Å². The number of aliphatic hydroxyl groups excluding tert-OH is 1. The number of aryl methyl sites for hydroxylation is 1. The van der Waals surface area contributed by atoms with Gasteiger partial charge in [0.25, 0.3) is 0 Å². The second-order valence-corrected chi connectivity index (χ2v) is 7.91. The van der Waals surface area contributed by atoms with Crippen LogP contribution in [0.3, 0.4) is 0 Å². The van der Waals surface area contributed by atoms with Crippen LogP contribution in [-0.4, -0.2) is 27.4 Å². The van der Waals surface area contributed by atoms with Gasteiger partial charge in [0.2, 0.25) is 0 Å². The number of aliphatic hydroxyl groups is 1. The van der Waals surface area contributed by atoms with Gasteiger partial charge in [-0.25, -0.2) is 4.98 Å². The third-order valence-electron chi connectivity index (χ3n) is 5.70. The van der Waals surface area contributed by atoms with E-state index in [0.29, 0.717) is 12.5 Å². The van der Waals surface area contributed by atoms with E-state index in [9.17, 15) is 5.11 Å². The lowest BCUT2D eigenvalue weighted by atomic mass is 10.1. The van der Waals surface area contributed by atoms with Crippen LogP contribution in [0.4, 0.5) is 0 Å². The quantitative estimate of drug-likeness (QED) is 0.594. The van der Waals surface area contributed by atoms with Crippen LogP contribution in [-0.2, 0) is 13.0 Å². The van der Waals surface area contributed by atoms with Crippen LogP contribution in [0.25, 0.3) is 11.0 Å². The fourth-order valence-corrected chi connectivity index (χ4v) is 4.28. The van der Waals surface area contributed by atoms with Crippen molar-refractivity contribution in [1.29, 1.82) is 0 Å². The summed E-state index contributed by atoms with van der Waals surface area (Å²) in [5, 5.41) is 10.7. The summed E-state index contributed by atoms with van der Waals surface area (Å²) in [6, 6.07) is 16.4. The molecule has 0 radical (unpaired) electrons. The first-order valence-corrected chi connectivity index (χ1v) is 10.6. The van der Waals surface area contributed by atoms with Crippen molar-refractivity contribution >= 4 is 11.0 Å². The molecule has 0 bridgehead atoms. The smallest absolute Gasteiger partial charge is 0.119 e. The van der Waals surface area contributed by atoms with Gasteiger partial charge in [-0.2, -0.15) is 0 Å². The number of fused-ring (bicyclic) bond motifs is 1. The van der Waals surface area contributed by atoms with E-state index in [1.807, 2.05) is 24.3 Å². The van der Waals surface area contributed by atoms with Crippen molar-refractivity contribution in [2.45, 2.75) is 64.0 Å². The number of hydrogen-bond acceptors (Lipinski definition) is 3. The summed E-state index contributed by atoms with van der Waals surface area (Å²) in [4.78, 5) is 4.90. The molecule has 4 nitrogen and oxygen atoms in total. The number of benzene rings is 2. The van der Waals surface area contributed by atoms with E-state index in [2.05, 4.69) is 35.8 Å². The van der Waals surface area contributed by atoms with Crippen molar-refractivity contribution in [3.8, 4) is 5.75 Å². The van der Waals surface area contributed by atoms with Gasteiger partial charge in [-0.05, 0) is 49.1 Å². The summed E-state index contributed by atoms with van der Waals surface area (Å²) in [6.45, 7) is 2.98. The Labute approximate surface area is 167 Å². The Bertz CT molecular complexity index is 895. The first-order valence-electron chi connectivity index (χ1n) is 10.6. The molecule has 1 atom stereocenters. The Morgan fingerprint density at radius 2 is 1.86 bits per heavy atom. The highest BCUT2D eigenvalue weighted by atomic mass is 16.5. The summed E-state index contributed by atoms with van der Waals surface area (Å²) in [7, 11) is 0. The van der Waals surface area contributed by atoms with Crippen LogP contribution < -0.4 is 4.74 Å². The topological polar surface area (TPSA) is 47.3 Å². The SMILES string of the molecule is CCCc1ccc(OCC(O)Cn2c(C3CCCC3)nc3ccccc32)cc1. The highest BCUT2D eigenvalue weighted by molar-refractivity contribution is 5.76. The lowest BCUT2D eigenvalue weighted by Crippen LogP contribution is -2.25. The number of para-hydroxylation sites is 2. The zero-order valence-corrected chi connectivity index (χ0v) is 16.7. The van der Waals surface area contributed by atoms with Crippen molar-refractivity contribution < 1.29 is 9.84 Å². The monoisotopic (exact) mass is 378 g/mol. The predicted molar refractivity (Wildman–Crippen MR) is 113 cm³/mol. The van der Waals surface area contributed by atoms with E-state index in [0.717, 1.165) is 35.4 Å². The van der Waals surface area contributed by atoms with Gasteiger partial charge in [0, 0.05) is 5.92 Å². The van der Waals surface area contributed by atoms with Gasteiger partial charge in [0.05, 0.1) is 17.6 Å². The molecule has 4 rings (SSSR count). The Morgan fingerprint density at radius 3 is 2.61 bits per heavy atom. The van der Waals surface area contributed by atoms with Crippen molar-refractivity contribution in [3.05, 3.63) is 59.9 Å². The van der Waals surface area contributed by atoms with Crippen LogP contribution in [0.1, 0.15) is 56.3 Å². The summed E-state index contributed by atoms with van der Waals surface area (Å²) in [6.07, 6.45) is 6.58. The summed E-state index contributed by atoms with van der Waals surface area (Å²) in [5.74, 6) is 2.44. The lowest BCUT2D eigenvalue weighted by Gasteiger charge is -2.18. The highest BCUT2D eigenvalue weighted by Crippen LogP contribution is 2.35. The Balaban J connectivity index is 1.45. The maximum absolute atomic E-state index is 10.7. The maximum Gasteiger partial charge on any atom is 0.119 e. The average Bonchev–Trinajstić information content (AvgIpc) is 3.36.